The molecule has 1 aromatic carbocycles. The van der Waals surface area contributed by atoms with Crippen LogP contribution >= 0.6 is 23.8 Å². The van der Waals surface area contributed by atoms with Gasteiger partial charge in [-0.2, -0.15) is 0 Å². The Labute approximate surface area is 100 Å². The van der Waals surface area contributed by atoms with Crippen molar-refractivity contribution in [3.05, 3.63) is 56.4 Å². The van der Waals surface area contributed by atoms with Crippen LogP contribution in [0.4, 0.5) is 4.39 Å². The van der Waals surface area contributed by atoms with Crippen LogP contribution in [-0.4, -0.2) is 9.55 Å². The van der Waals surface area contributed by atoms with E-state index in [-0.39, 0.29) is 15.4 Å². The molecule has 1 aromatic heterocycles. The lowest BCUT2D eigenvalue weighted by molar-refractivity contribution is 0.627. The van der Waals surface area contributed by atoms with Crippen LogP contribution in [0.2, 0.25) is 5.02 Å². The molecule has 3 nitrogen and oxygen atoms in total. The Hall–Kier alpha value is -1.46. The van der Waals surface area contributed by atoms with Gasteiger partial charge in [0.1, 0.15) is 5.82 Å². The highest BCUT2D eigenvalue weighted by molar-refractivity contribution is 7.71. The smallest absolute Gasteiger partial charge is 0.251 e. The molecule has 0 fully saturated rings. The number of nitrogens with zero attached hydrogens (tertiary/aromatic N) is 1. The Kier molecular flexibility index (Phi) is 2.89. The number of aromatic nitrogens is 2. The minimum Gasteiger partial charge on any atom is -0.299 e. The maximum Gasteiger partial charge on any atom is 0.251 e. The molecular weight excluding hydrogens is 251 g/mol. The van der Waals surface area contributed by atoms with Gasteiger partial charge in [0.05, 0.1) is 5.02 Å². The van der Waals surface area contributed by atoms with Crippen molar-refractivity contribution >= 4 is 23.8 Å². The molecule has 1 heterocycles. The van der Waals surface area contributed by atoms with Crippen LogP contribution in [0.15, 0.2) is 35.3 Å². The molecular formula is C10H6ClFN2OS. The van der Waals surface area contributed by atoms with Gasteiger partial charge < -0.3 is 0 Å². The molecule has 0 spiro atoms. The Balaban J connectivity index is 2.63. The van der Waals surface area contributed by atoms with E-state index >= 15 is 0 Å². The fourth-order valence-corrected chi connectivity index (χ4v) is 1.70. The molecule has 2 rings (SSSR count). The van der Waals surface area contributed by atoms with Crippen LogP contribution in [0.1, 0.15) is 0 Å². The van der Waals surface area contributed by atoms with Gasteiger partial charge in [0.15, 0.2) is 4.77 Å². The topological polar surface area (TPSA) is 37.8 Å². The quantitative estimate of drug-likeness (QED) is 0.797. The maximum atomic E-state index is 13.0. The summed E-state index contributed by atoms with van der Waals surface area (Å²) in [6.07, 6.45) is 1.50. The molecule has 1 N–H and O–H groups in total. The zero-order chi connectivity index (χ0) is 11.7. The normalized spacial score (nSPS) is 10.4. The molecule has 0 amide bonds. The Morgan fingerprint density at radius 2 is 2.12 bits per heavy atom. The standard InChI is InChI=1S/C10H6ClFN2OS/c11-7-5-6(1-2-8(7)12)14-4-3-9(15)13-10(14)16/h1-5H,(H,13,15,16). The SMILES string of the molecule is O=c1ccn(-c2ccc(F)c(Cl)c2)c(=S)[nH]1. The first-order valence-corrected chi connectivity index (χ1v) is 5.14. The summed E-state index contributed by atoms with van der Waals surface area (Å²) < 4.78 is 14.7. The average Bonchev–Trinajstić information content (AvgIpc) is 2.22. The van der Waals surface area contributed by atoms with Gasteiger partial charge in [-0.05, 0) is 30.4 Å². The second-order valence-electron chi connectivity index (χ2n) is 3.08. The molecule has 0 bridgehead atoms. The van der Waals surface area contributed by atoms with Gasteiger partial charge >= 0.3 is 0 Å². The van der Waals surface area contributed by atoms with Gasteiger partial charge in [-0.15, -0.1) is 0 Å². The lowest BCUT2D eigenvalue weighted by Gasteiger charge is -2.06. The fourth-order valence-electron chi connectivity index (χ4n) is 1.26. The second kappa shape index (κ2) is 4.19. The third-order valence-electron chi connectivity index (χ3n) is 2.01. The van der Waals surface area contributed by atoms with Crippen molar-refractivity contribution in [2.24, 2.45) is 0 Å². The van der Waals surface area contributed by atoms with E-state index in [1.807, 2.05) is 0 Å². The van der Waals surface area contributed by atoms with E-state index in [1.54, 1.807) is 0 Å². The molecule has 6 heteroatoms. The first-order valence-electron chi connectivity index (χ1n) is 4.35. The summed E-state index contributed by atoms with van der Waals surface area (Å²) in [5.41, 5.74) is 0.308. The van der Waals surface area contributed by atoms with Crippen LogP contribution in [0.25, 0.3) is 5.69 Å². The van der Waals surface area contributed by atoms with Crippen LogP contribution < -0.4 is 5.56 Å². The summed E-state index contributed by atoms with van der Waals surface area (Å²) in [6, 6.07) is 5.53. The van der Waals surface area contributed by atoms with Crippen LogP contribution in [0.5, 0.6) is 0 Å². The third-order valence-corrected chi connectivity index (χ3v) is 2.59. The lowest BCUT2D eigenvalue weighted by atomic mass is 10.3. The van der Waals surface area contributed by atoms with E-state index in [9.17, 15) is 9.18 Å². The van der Waals surface area contributed by atoms with Gasteiger partial charge in [0.25, 0.3) is 5.56 Å². The highest BCUT2D eigenvalue weighted by Gasteiger charge is 2.02. The molecule has 0 aliphatic rings. The maximum absolute atomic E-state index is 13.0. The summed E-state index contributed by atoms with van der Waals surface area (Å²) >= 11 is 10.6. The third kappa shape index (κ3) is 2.05. The number of halogens is 2. The monoisotopic (exact) mass is 256 g/mol. The van der Waals surface area contributed by atoms with E-state index < -0.39 is 5.82 Å². The molecule has 0 atom stereocenters. The van der Waals surface area contributed by atoms with E-state index in [0.717, 1.165) is 0 Å². The molecule has 0 unspecified atom stereocenters. The first-order chi connectivity index (χ1) is 7.58. The molecule has 0 saturated heterocycles. The summed E-state index contributed by atoms with van der Waals surface area (Å²) in [5.74, 6) is -0.499. The van der Waals surface area contributed by atoms with Crippen molar-refractivity contribution in [2.75, 3.05) is 0 Å². The minimum absolute atomic E-state index is 0.00519. The molecule has 0 saturated carbocycles. The van der Waals surface area contributed by atoms with Crippen molar-refractivity contribution in [1.29, 1.82) is 0 Å². The highest BCUT2D eigenvalue weighted by atomic mass is 35.5. The number of hydrogen-bond donors (Lipinski definition) is 1. The van der Waals surface area contributed by atoms with Gasteiger partial charge in [0, 0.05) is 18.0 Å². The van der Waals surface area contributed by atoms with Crippen LogP contribution in [0.3, 0.4) is 0 Å². The Bertz CT molecular complexity index is 650. The molecule has 2 aromatic rings. The molecule has 16 heavy (non-hydrogen) atoms. The van der Waals surface area contributed by atoms with Crippen molar-refractivity contribution in [2.45, 2.75) is 0 Å². The largest absolute Gasteiger partial charge is 0.299 e. The first kappa shape index (κ1) is 11.0. The number of hydrogen-bond acceptors (Lipinski definition) is 2. The number of nitrogens with one attached hydrogen (secondary N) is 1. The number of benzene rings is 1. The van der Waals surface area contributed by atoms with Crippen molar-refractivity contribution < 1.29 is 4.39 Å². The van der Waals surface area contributed by atoms with Crippen molar-refractivity contribution in [1.82, 2.24) is 9.55 Å². The summed E-state index contributed by atoms with van der Waals surface area (Å²) in [6.45, 7) is 0. The Morgan fingerprint density at radius 3 is 2.75 bits per heavy atom. The lowest BCUT2D eigenvalue weighted by Crippen LogP contribution is -2.09. The predicted molar refractivity (Wildman–Crippen MR) is 62.2 cm³/mol. The van der Waals surface area contributed by atoms with Gasteiger partial charge in [-0.3, -0.25) is 14.3 Å². The predicted octanol–water partition coefficient (Wildman–Crippen LogP) is 2.69. The number of rotatable bonds is 1. The molecule has 82 valence electrons. The number of aromatic amines is 1. The Morgan fingerprint density at radius 1 is 1.38 bits per heavy atom. The van der Waals surface area contributed by atoms with Crippen molar-refractivity contribution in [3.63, 3.8) is 0 Å². The van der Waals surface area contributed by atoms with E-state index in [0.29, 0.717) is 5.69 Å². The fraction of sp³-hybridized carbons (Fsp3) is 0. The van der Waals surface area contributed by atoms with Crippen LogP contribution in [0, 0.1) is 10.6 Å². The molecule has 0 aliphatic heterocycles. The molecule has 0 radical (unpaired) electrons. The molecule has 0 aliphatic carbocycles. The summed E-state index contributed by atoms with van der Waals surface area (Å²) in [5, 5.41) is 0.00519. The van der Waals surface area contributed by atoms with Gasteiger partial charge in [0.2, 0.25) is 0 Å². The van der Waals surface area contributed by atoms with Crippen molar-refractivity contribution in [3.8, 4) is 5.69 Å². The minimum atomic E-state index is -0.499. The number of H-pyrrole nitrogens is 1. The van der Waals surface area contributed by atoms with E-state index in [2.05, 4.69) is 4.98 Å². The second-order valence-corrected chi connectivity index (χ2v) is 3.87. The van der Waals surface area contributed by atoms with Gasteiger partial charge in [-0.25, -0.2) is 4.39 Å². The van der Waals surface area contributed by atoms with Crippen LogP contribution in [-0.2, 0) is 0 Å². The zero-order valence-corrected chi connectivity index (χ0v) is 9.48. The summed E-state index contributed by atoms with van der Waals surface area (Å²) in [7, 11) is 0. The average molecular weight is 257 g/mol. The summed E-state index contributed by atoms with van der Waals surface area (Å²) in [4.78, 5) is 13.4. The van der Waals surface area contributed by atoms with E-state index in [1.165, 1.54) is 35.0 Å². The zero-order valence-electron chi connectivity index (χ0n) is 7.91. The highest BCUT2D eigenvalue weighted by Crippen LogP contribution is 2.18. The van der Waals surface area contributed by atoms with Gasteiger partial charge in [-0.1, -0.05) is 11.6 Å². The van der Waals surface area contributed by atoms with E-state index in [4.69, 9.17) is 23.8 Å².